The van der Waals surface area contributed by atoms with Gasteiger partial charge in [-0.1, -0.05) is 30.3 Å². The zero-order valence-electron chi connectivity index (χ0n) is 17.3. The third-order valence-electron chi connectivity index (χ3n) is 5.28. The summed E-state index contributed by atoms with van der Waals surface area (Å²) in [6.07, 6.45) is -7.30. The molecule has 2 aromatic carbocycles. The number of urea groups is 1. The Balaban J connectivity index is 1.59. The van der Waals surface area contributed by atoms with E-state index in [-0.39, 0.29) is 24.8 Å². The van der Waals surface area contributed by atoms with E-state index in [1.54, 1.807) is 30.3 Å². The first-order valence-corrected chi connectivity index (χ1v) is 9.84. The van der Waals surface area contributed by atoms with Crippen LogP contribution in [0.1, 0.15) is 22.3 Å². The molecule has 0 unspecified atom stereocenters. The standard InChI is InChI=1S/C21H17F6N5O2/c22-20(23,24)16-6-14(7-17(8-16)21(25,26)27)9-34-11-19(15-4-2-1-3-5-15)10-32(18(33)30-19)31-12-28-29-13-31/h1-8,12-13H,9-11H2,(H,30,33)/t19-/m1/s1. The van der Waals surface area contributed by atoms with Crippen LogP contribution in [0.3, 0.4) is 0 Å². The molecule has 1 saturated heterocycles. The first-order chi connectivity index (χ1) is 16.0. The highest BCUT2D eigenvalue weighted by molar-refractivity contribution is 5.88. The fraction of sp³-hybridized carbons (Fsp3) is 0.286. The molecule has 0 aliphatic carbocycles. The quantitative estimate of drug-likeness (QED) is 0.534. The van der Waals surface area contributed by atoms with Crippen LogP contribution in [0.25, 0.3) is 0 Å². The van der Waals surface area contributed by atoms with E-state index in [0.717, 1.165) is 0 Å². The summed E-state index contributed by atoms with van der Waals surface area (Å²) < 4.78 is 85.7. The molecule has 180 valence electrons. The van der Waals surface area contributed by atoms with Gasteiger partial charge >= 0.3 is 18.4 Å². The summed E-state index contributed by atoms with van der Waals surface area (Å²) in [5.41, 5.74) is -3.64. The summed E-state index contributed by atoms with van der Waals surface area (Å²) in [4.78, 5) is 12.6. The Labute approximate surface area is 188 Å². The highest BCUT2D eigenvalue weighted by atomic mass is 19.4. The van der Waals surface area contributed by atoms with Crippen LogP contribution in [0.15, 0.2) is 61.2 Å². The van der Waals surface area contributed by atoms with Crippen LogP contribution in [0.5, 0.6) is 0 Å². The zero-order valence-corrected chi connectivity index (χ0v) is 17.3. The Bertz CT molecular complexity index is 1120. The third-order valence-corrected chi connectivity index (χ3v) is 5.28. The van der Waals surface area contributed by atoms with Gasteiger partial charge in [0.15, 0.2) is 0 Å². The monoisotopic (exact) mass is 485 g/mol. The Hall–Kier alpha value is -3.61. The first kappa shape index (κ1) is 23.5. The van der Waals surface area contributed by atoms with Crippen molar-refractivity contribution in [3.05, 3.63) is 83.4 Å². The van der Waals surface area contributed by atoms with E-state index in [9.17, 15) is 31.1 Å². The van der Waals surface area contributed by atoms with Crippen LogP contribution in [0, 0.1) is 0 Å². The second-order valence-electron chi connectivity index (χ2n) is 7.68. The molecular weight excluding hydrogens is 468 g/mol. The third kappa shape index (κ3) is 4.83. The van der Waals surface area contributed by atoms with Gasteiger partial charge in [-0.05, 0) is 29.3 Å². The second kappa shape index (κ2) is 8.63. The van der Waals surface area contributed by atoms with Crippen molar-refractivity contribution in [3.8, 4) is 0 Å². The van der Waals surface area contributed by atoms with Crippen molar-refractivity contribution in [1.29, 1.82) is 0 Å². The number of carbonyl (C=O) groups excluding carboxylic acids is 1. The minimum absolute atomic E-state index is 0.0459. The maximum atomic E-state index is 13.1. The SMILES string of the molecule is O=C1N[C@](COCc2cc(C(F)(F)F)cc(C(F)(F)F)c2)(c2ccccc2)CN1n1cnnc1. The molecule has 0 bridgehead atoms. The molecule has 1 fully saturated rings. The van der Waals surface area contributed by atoms with Gasteiger partial charge in [-0.2, -0.15) is 26.3 Å². The number of rotatable bonds is 6. The number of ether oxygens (including phenoxy) is 1. The number of hydrogen-bond acceptors (Lipinski definition) is 4. The molecule has 2 amide bonds. The number of halogens is 6. The molecule has 1 aromatic heterocycles. The lowest BCUT2D eigenvalue weighted by atomic mass is 9.91. The van der Waals surface area contributed by atoms with Gasteiger partial charge in [0.1, 0.15) is 18.2 Å². The first-order valence-electron chi connectivity index (χ1n) is 9.84. The molecule has 4 rings (SSSR count). The van der Waals surface area contributed by atoms with Gasteiger partial charge in [0.05, 0.1) is 30.9 Å². The number of aromatic nitrogens is 3. The summed E-state index contributed by atoms with van der Waals surface area (Å²) in [6, 6.07) is 9.45. The minimum atomic E-state index is -4.96. The van der Waals surface area contributed by atoms with E-state index in [2.05, 4.69) is 15.5 Å². The predicted molar refractivity (Wildman–Crippen MR) is 106 cm³/mol. The zero-order chi connectivity index (χ0) is 24.6. The highest BCUT2D eigenvalue weighted by Gasteiger charge is 2.45. The lowest BCUT2D eigenvalue weighted by Crippen LogP contribution is -2.45. The van der Waals surface area contributed by atoms with Crippen molar-refractivity contribution < 1.29 is 35.9 Å². The van der Waals surface area contributed by atoms with Gasteiger partial charge in [-0.15, -0.1) is 10.2 Å². The predicted octanol–water partition coefficient (Wildman–Crippen LogP) is 4.09. The maximum absolute atomic E-state index is 13.1. The number of carbonyl (C=O) groups is 1. The van der Waals surface area contributed by atoms with Crippen molar-refractivity contribution in [2.24, 2.45) is 0 Å². The number of amides is 2. The summed E-state index contributed by atoms with van der Waals surface area (Å²) in [5.74, 6) is 0. The van der Waals surface area contributed by atoms with Crippen molar-refractivity contribution in [2.75, 3.05) is 18.2 Å². The maximum Gasteiger partial charge on any atom is 0.416 e. The van der Waals surface area contributed by atoms with E-state index in [1.165, 1.54) is 22.3 Å². The van der Waals surface area contributed by atoms with Gasteiger partial charge < -0.3 is 10.1 Å². The molecule has 3 aromatic rings. The van der Waals surface area contributed by atoms with E-state index in [0.29, 0.717) is 17.7 Å². The second-order valence-corrected chi connectivity index (χ2v) is 7.68. The van der Waals surface area contributed by atoms with Crippen molar-refractivity contribution in [2.45, 2.75) is 24.5 Å². The molecule has 1 aliphatic rings. The smallest absolute Gasteiger partial charge is 0.374 e. The number of hydrogen-bond donors (Lipinski definition) is 1. The molecule has 1 aliphatic heterocycles. The molecule has 0 spiro atoms. The van der Waals surface area contributed by atoms with E-state index in [4.69, 9.17) is 4.74 Å². The number of nitrogens with zero attached hydrogens (tertiary/aromatic N) is 4. The number of benzene rings is 2. The normalized spacial score (nSPS) is 18.9. The van der Waals surface area contributed by atoms with Crippen LogP contribution in [0.2, 0.25) is 0 Å². The summed E-state index contributed by atoms with van der Waals surface area (Å²) in [5, 5.41) is 11.4. The highest BCUT2D eigenvalue weighted by Crippen LogP contribution is 2.36. The Morgan fingerprint density at radius 3 is 2.09 bits per heavy atom. The minimum Gasteiger partial charge on any atom is -0.374 e. The molecule has 2 heterocycles. The van der Waals surface area contributed by atoms with Gasteiger partial charge in [0, 0.05) is 0 Å². The Morgan fingerprint density at radius 1 is 0.941 bits per heavy atom. The lowest BCUT2D eigenvalue weighted by molar-refractivity contribution is -0.143. The van der Waals surface area contributed by atoms with E-state index >= 15 is 0 Å². The average Bonchev–Trinajstić information content (AvgIpc) is 3.41. The average molecular weight is 485 g/mol. The topological polar surface area (TPSA) is 72.3 Å². The summed E-state index contributed by atoms with van der Waals surface area (Å²) in [6.45, 7) is -0.715. The largest absolute Gasteiger partial charge is 0.416 e. The van der Waals surface area contributed by atoms with Gasteiger partial charge in [-0.25, -0.2) is 14.5 Å². The van der Waals surface area contributed by atoms with Crippen molar-refractivity contribution in [3.63, 3.8) is 0 Å². The Kier molecular flexibility index (Phi) is 5.98. The van der Waals surface area contributed by atoms with Crippen LogP contribution < -0.4 is 10.3 Å². The molecular formula is C21H17F6N5O2. The molecule has 0 radical (unpaired) electrons. The fourth-order valence-corrected chi connectivity index (χ4v) is 3.67. The van der Waals surface area contributed by atoms with Crippen LogP contribution in [-0.4, -0.2) is 34.1 Å². The summed E-state index contributed by atoms with van der Waals surface area (Å²) >= 11 is 0. The van der Waals surface area contributed by atoms with Gasteiger partial charge in [-0.3, -0.25) is 0 Å². The molecule has 34 heavy (non-hydrogen) atoms. The van der Waals surface area contributed by atoms with Crippen LogP contribution in [0.4, 0.5) is 31.1 Å². The van der Waals surface area contributed by atoms with Crippen molar-refractivity contribution in [1.82, 2.24) is 20.2 Å². The van der Waals surface area contributed by atoms with Gasteiger partial charge in [0.2, 0.25) is 0 Å². The molecule has 13 heteroatoms. The fourth-order valence-electron chi connectivity index (χ4n) is 3.67. The number of alkyl halides is 6. The van der Waals surface area contributed by atoms with Crippen LogP contribution in [-0.2, 0) is 29.2 Å². The molecule has 1 N–H and O–H groups in total. The molecule has 1 atom stereocenters. The van der Waals surface area contributed by atoms with Gasteiger partial charge in [0.25, 0.3) is 0 Å². The lowest BCUT2D eigenvalue weighted by Gasteiger charge is -2.29. The van der Waals surface area contributed by atoms with E-state index < -0.39 is 41.7 Å². The van der Waals surface area contributed by atoms with Crippen LogP contribution >= 0.6 is 0 Å². The molecule has 0 saturated carbocycles. The van der Waals surface area contributed by atoms with Crippen molar-refractivity contribution >= 4 is 6.03 Å². The Morgan fingerprint density at radius 2 is 1.53 bits per heavy atom. The van der Waals surface area contributed by atoms with E-state index in [1.807, 2.05) is 0 Å². The summed E-state index contributed by atoms with van der Waals surface area (Å²) in [7, 11) is 0. The number of nitrogens with one attached hydrogen (secondary N) is 1. The molecule has 7 nitrogen and oxygen atoms in total.